The lowest BCUT2D eigenvalue weighted by Crippen LogP contribution is -1.90. The number of benzene rings is 2. The molecule has 0 aliphatic carbocycles. The second kappa shape index (κ2) is 8.45. The van der Waals surface area contributed by atoms with Crippen molar-refractivity contribution in [3.05, 3.63) is 105 Å². The van der Waals surface area contributed by atoms with Gasteiger partial charge in [-0.05, 0) is 73.2 Å². The van der Waals surface area contributed by atoms with Crippen LogP contribution in [0.3, 0.4) is 0 Å². The quantitative estimate of drug-likeness (QED) is 0.142. The number of hydrogen-bond donors (Lipinski definition) is 0. The number of hydrogen-bond acceptors (Lipinski definition) is 5. The van der Waals surface area contributed by atoms with Gasteiger partial charge in [-0.2, -0.15) is 0 Å². The van der Waals surface area contributed by atoms with Gasteiger partial charge in [0.15, 0.2) is 5.76 Å². The first kappa shape index (κ1) is 20.4. The molecule has 7 heteroatoms. The standard InChI is InChI=1S/C24H16ClNO5/c1-15-14-16(6-9-19(15)25)22-12-13-24(31-22)21(27)10-7-17-8-11-23(30-17)18-4-2-3-5-20(18)26(28)29/h2-14H,1H3/b10-7+. The van der Waals surface area contributed by atoms with Crippen molar-refractivity contribution in [3.8, 4) is 22.6 Å². The molecule has 4 aromatic rings. The molecule has 2 heterocycles. The first-order valence-corrected chi connectivity index (χ1v) is 9.72. The lowest BCUT2D eigenvalue weighted by Gasteiger charge is -2.01. The van der Waals surface area contributed by atoms with E-state index in [2.05, 4.69) is 0 Å². The molecule has 0 saturated carbocycles. The Morgan fingerprint density at radius 1 is 1.00 bits per heavy atom. The molecule has 6 nitrogen and oxygen atoms in total. The van der Waals surface area contributed by atoms with Crippen LogP contribution in [0.2, 0.25) is 5.02 Å². The van der Waals surface area contributed by atoms with Crippen molar-refractivity contribution in [2.24, 2.45) is 0 Å². The molecule has 0 unspecified atom stereocenters. The maximum atomic E-state index is 12.5. The van der Waals surface area contributed by atoms with Crippen molar-refractivity contribution in [1.29, 1.82) is 0 Å². The van der Waals surface area contributed by atoms with E-state index in [-0.39, 0.29) is 17.2 Å². The van der Waals surface area contributed by atoms with Gasteiger partial charge in [-0.3, -0.25) is 14.9 Å². The fourth-order valence-corrected chi connectivity index (χ4v) is 3.21. The molecule has 0 spiro atoms. The number of para-hydroxylation sites is 1. The molecule has 31 heavy (non-hydrogen) atoms. The molecule has 2 aromatic heterocycles. The van der Waals surface area contributed by atoms with Crippen LogP contribution in [0.4, 0.5) is 5.69 Å². The Kier molecular flexibility index (Phi) is 5.56. The Bertz CT molecular complexity index is 1320. The number of furan rings is 2. The Labute approximate surface area is 182 Å². The second-order valence-electron chi connectivity index (χ2n) is 6.80. The van der Waals surface area contributed by atoms with E-state index in [0.29, 0.717) is 27.9 Å². The molecule has 2 aromatic carbocycles. The molecule has 0 bridgehead atoms. The molecule has 0 aliphatic rings. The molecule has 0 atom stereocenters. The molecule has 0 amide bonds. The number of nitro benzene ring substituents is 1. The second-order valence-corrected chi connectivity index (χ2v) is 7.21. The number of aryl methyl sites for hydroxylation is 1. The van der Waals surface area contributed by atoms with E-state index in [4.69, 9.17) is 20.4 Å². The molecule has 0 N–H and O–H groups in total. The molecule has 0 fully saturated rings. The van der Waals surface area contributed by atoms with Crippen molar-refractivity contribution in [2.75, 3.05) is 0 Å². The highest BCUT2D eigenvalue weighted by Crippen LogP contribution is 2.31. The van der Waals surface area contributed by atoms with E-state index >= 15 is 0 Å². The van der Waals surface area contributed by atoms with Crippen LogP contribution in [0, 0.1) is 17.0 Å². The van der Waals surface area contributed by atoms with Crippen LogP contribution in [-0.2, 0) is 0 Å². The number of carbonyl (C=O) groups excluding carboxylic acids is 1. The highest BCUT2D eigenvalue weighted by molar-refractivity contribution is 6.31. The maximum absolute atomic E-state index is 12.5. The smallest absolute Gasteiger partial charge is 0.280 e. The molecule has 0 radical (unpaired) electrons. The summed E-state index contributed by atoms with van der Waals surface area (Å²) in [4.78, 5) is 23.2. The minimum atomic E-state index is -0.465. The van der Waals surface area contributed by atoms with Crippen LogP contribution < -0.4 is 0 Å². The summed E-state index contributed by atoms with van der Waals surface area (Å²) in [5.74, 6) is 1.15. The van der Waals surface area contributed by atoms with E-state index in [9.17, 15) is 14.9 Å². The van der Waals surface area contributed by atoms with Gasteiger partial charge in [0.2, 0.25) is 5.78 Å². The SMILES string of the molecule is Cc1cc(-c2ccc(C(=O)/C=C/c3ccc(-c4ccccc4[N+](=O)[O-])o3)o2)ccc1Cl. The number of rotatable bonds is 6. The normalized spacial score (nSPS) is 11.2. The predicted octanol–water partition coefficient (Wildman–Crippen LogP) is 6.97. The van der Waals surface area contributed by atoms with Gasteiger partial charge in [-0.1, -0.05) is 23.7 Å². The van der Waals surface area contributed by atoms with E-state index in [1.807, 2.05) is 19.1 Å². The summed E-state index contributed by atoms with van der Waals surface area (Å²) in [5.41, 5.74) is 2.05. The molecule has 0 aliphatic heterocycles. The van der Waals surface area contributed by atoms with Gasteiger partial charge in [-0.15, -0.1) is 0 Å². The van der Waals surface area contributed by atoms with Gasteiger partial charge < -0.3 is 8.83 Å². The molecule has 0 saturated heterocycles. The van der Waals surface area contributed by atoms with E-state index < -0.39 is 4.92 Å². The fraction of sp³-hybridized carbons (Fsp3) is 0.0417. The molecular formula is C24H16ClNO5. The lowest BCUT2D eigenvalue weighted by molar-refractivity contribution is -0.384. The zero-order valence-corrected chi connectivity index (χ0v) is 17.1. The number of nitrogens with zero attached hydrogens (tertiary/aromatic N) is 1. The largest absolute Gasteiger partial charge is 0.456 e. The third-order valence-corrected chi connectivity index (χ3v) is 5.11. The van der Waals surface area contributed by atoms with Crippen molar-refractivity contribution < 1.29 is 18.6 Å². The highest BCUT2D eigenvalue weighted by atomic mass is 35.5. The topological polar surface area (TPSA) is 86.5 Å². The van der Waals surface area contributed by atoms with Gasteiger partial charge >= 0.3 is 0 Å². The Balaban J connectivity index is 1.51. The summed E-state index contributed by atoms with van der Waals surface area (Å²) in [6, 6.07) is 18.4. The van der Waals surface area contributed by atoms with E-state index in [1.165, 1.54) is 18.2 Å². The minimum Gasteiger partial charge on any atom is -0.456 e. The highest BCUT2D eigenvalue weighted by Gasteiger charge is 2.17. The van der Waals surface area contributed by atoms with Crippen molar-refractivity contribution in [2.45, 2.75) is 6.92 Å². The third kappa shape index (κ3) is 4.34. The van der Waals surface area contributed by atoms with Crippen molar-refractivity contribution in [3.63, 3.8) is 0 Å². The molecule has 154 valence electrons. The van der Waals surface area contributed by atoms with E-state index in [0.717, 1.165) is 11.1 Å². The fourth-order valence-electron chi connectivity index (χ4n) is 3.09. The van der Waals surface area contributed by atoms with Crippen LogP contribution in [0.1, 0.15) is 21.9 Å². The van der Waals surface area contributed by atoms with Gasteiger partial charge in [0, 0.05) is 16.7 Å². The van der Waals surface area contributed by atoms with Crippen LogP contribution in [-0.4, -0.2) is 10.7 Å². The predicted molar refractivity (Wildman–Crippen MR) is 118 cm³/mol. The zero-order valence-electron chi connectivity index (χ0n) is 16.4. The number of ketones is 1. The monoisotopic (exact) mass is 433 g/mol. The number of nitro groups is 1. The van der Waals surface area contributed by atoms with Gasteiger partial charge in [0.25, 0.3) is 5.69 Å². The number of allylic oxidation sites excluding steroid dienone is 1. The van der Waals surface area contributed by atoms with Crippen molar-refractivity contribution >= 4 is 29.1 Å². The Morgan fingerprint density at radius 2 is 1.77 bits per heavy atom. The molecule has 4 rings (SSSR count). The average Bonchev–Trinajstić information content (AvgIpc) is 3.44. The summed E-state index contributed by atoms with van der Waals surface area (Å²) >= 11 is 6.05. The maximum Gasteiger partial charge on any atom is 0.280 e. The van der Waals surface area contributed by atoms with Gasteiger partial charge in [-0.25, -0.2) is 0 Å². The van der Waals surface area contributed by atoms with Crippen LogP contribution in [0.5, 0.6) is 0 Å². The first-order chi connectivity index (χ1) is 14.9. The van der Waals surface area contributed by atoms with Crippen LogP contribution in [0.25, 0.3) is 28.7 Å². The van der Waals surface area contributed by atoms with E-state index in [1.54, 1.807) is 48.5 Å². The van der Waals surface area contributed by atoms with Gasteiger partial charge in [0.05, 0.1) is 10.5 Å². The summed E-state index contributed by atoms with van der Waals surface area (Å²) in [6.07, 6.45) is 2.83. The Hall–Kier alpha value is -3.90. The third-order valence-electron chi connectivity index (χ3n) is 4.68. The van der Waals surface area contributed by atoms with Crippen LogP contribution in [0.15, 0.2) is 81.6 Å². The Morgan fingerprint density at radius 3 is 2.55 bits per heavy atom. The minimum absolute atomic E-state index is 0.0518. The summed E-state index contributed by atoms with van der Waals surface area (Å²) < 4.78 is 11.3. The lowest BCUT2D eigenvalue weighted by atomic mass is 10.1. The summed E-state index contributed by atoms with van der Waals surface area (Å²) in [7, 11) is 0. The summed E-state index contributed by atoms with van der Waals surface area (Å²) in [6.45, 7) is 1.89. The summed E-state index contributed by atoms with van der Waals surface area (Å²) in [5, 5.41) is 11.9. The van der Waals surface area contributed by atoms with Crippen LogP contribution >= 0.6 is 11.6 Å². The molecular weight excluding hydrogens is 418 g/mol. The zero-order chi connectivity index (χ0) is 22.0. The number of carbonyl (C=O) groups is 1. The van der Waals surface area contributed by atoms with Gasteiger partial charge in [0.1, 0.15) is 17.3 Å². The van der Waals surface area contributed by atoms with Crippen molar-refractivity contribution in [1.82, 2.24) is 0 Å². The number of halogens is 1. The first-order valence-electron chi connectivity index (χ1n) is 9.35. The average molecular weight is 434 g/mol.